The number of hydrogen-bond acceptors (Lipinski definition) is 4. The molecule has 0 unspecified atom stereocenters. The molecule has 2 rings (SSSR count). The summed E-state index contributed by atoms with van der Waals surface area (Å²) < 4.78 is 0. The zero-order valence-corrected chi connectivity index (χ0v) is 10.7. The molecule has 2 heterocycles. The first-order valence-electron chi connectivity index (χ1n) is 5.71. The molecule has 0 saturated heterocycles. The lowest BCUT2D eigenvalue weighted by Crippen LogP contribution is -2.01. The summed E-state index contributed by atoms with van der Waals surface area (Å²) in [5, 5.41) is 12.0. The summed E-state index contributed by atoms with van der Waals surface area (Å²) in [6.07, 6.45) is 1.77. The standard InChI is InChI=1S/C14H15N3O/c1-9-4-5-15-13(6-9)14-8-10(2)7-12(16-14)11(3)17-18/h4-8,18H,1-3H3/b17-11-. The SMILES string of the molecule is C/C(=N/O)c1cc(C)cc(-c2cc(C)ccn2)n1. The molecule has 0 amide bonds. The van der Waals surface area contributed by atoms with E-state index in [-0.39, 0.29) is 0 Å². The van der Waals surface area contributed by atoms with Gasteiger partial charge in [0.2, 0.25) is 0 Å². The van der Waals surface area contributed by atoms with Crippen LogP contribution in [0.2, 0.25) is 0 Å². The first-order chi connectivity index (χ1) is 8.60. The van der Waals surface area contributed by atoms with Gasteiger partial charge in [0, 0.05) is 6.20 Å². The van der Waals surface area contributed by atoms with Gasteiger partial charge in [-0.05, 0) is 56.2 Å². The molecule has 0 spiro atoms. The summed E-state index contributed by atoms with van der Waals surface area (Å²) in [6.45, 7) is 5.71. The molecule has 0 saturated carbocycles. The van der Waals surface area contributed by atoms with E-state index in [1.807, 2.05) is 38.1 Å². The summed E-state index contributed by atoms with van der Waals surface area (Å²) in [5.74, 6) is 0. The van der Waals surface area contributed by atoms with Crippen molar-refractivity contribution in [2.24, 2.45) is 5.16 Å². The molecule has 92 valence electrons. The Hall–Kier alpha value is -2.23. The number of nitrogens with zero attached hydrogens (tertiary/aromatic N) is 3. The first-order valence-corrected chi connectivity index (χ1v) is 5.71. The molecule has 4 nitrogen and oxygen atoms in total. The normalized spacial score (nSPS) is 11.6. The molecule has 1 N–H and O–H groups in total. The highest BCUT2D eigenvalue weighted by Gasteiger charge is 2.07. The van der Waals surface area contributed by atoms with Crippen molar-refractivity contribution in [1.82, 2.24) is 9.97 Å². The third-order valence-electron chi connectivity index (χ3n) is 2.67. The second-order valence-electron chi connectivity index (χ2n) is 4.32. The van der Waals surface area contributed by atoms with E-state index in [0.717, 1.165) is 22.5 Å². The molecule has 0 aliphatic heterocycles. The second kappa shape index (κ2) is 4.96. The minimum atomic E-state index is 0.493. The Bertz CT molecular complexity index is 606. The number of oxime groups is 1. The van der Waals surface area contributed by atoms with Crippen LogP contribution in [0.25, 0.3) is 11.4 Å². The predicted octanol–water partition coefficient (Wildman–Crippen LogP) is 2.96. The topological polar surface area (TPSA) is 58.4 Å². The van der Waals surface area contributed by atoms with Crippen molar-refractivity contribution >= 4 is 5.71 Å². The Morgan fingerprint density at radius 2 is 1.83 bits per heavy atom. The van der Waals surface area contributed by atoms with Gasteiger partial charge in [-0.1, -0.05) is 5.16 Å². The van der Waals surface area contributed by atoms with Gasteiger partial charge in [-0.25, -0.2) is 4.98 Å². The van der Waals surface area contributed by atoms with Crippen LogP contribution in [0.3, 0.4) is 0 Å². The molecule has 2 aromatic rings. The van der Waals surface area contributed by atoms with Gasteiger partial charge >= 0.3 is 0 Å². The van der Waals surface area contributed by atoms with Gasteiger partial charge in [-0.2, -0.15) is 0 Å². The van der Waals surface area contributed by atoms with Crippen molar-refractivity contribution in [2.45, 2.75) is 20.8 Å². The number of aryl methyl sites for hydroxylation is 2. The monoisotopic (exact) mass is 241 g/mol. The Morgan fingerprint density at radius 3 is 2.50 bits per heavy atom. The van der Waals surface area contributed by atoms with Crippen molar-refractivity contribution in [3.63, 3.8) is 0 Å². The van der Waals surface area contributed by atoms with Gasteiger partial charge in [0.25, 0.3) is 0 Å². The van der Waals surface area contributed by atoms with E-state index in [1.165, 1.54) is 0 Å². The molecule has 0 atom stereocenters. The maximum absolute atomic E-state index is 8.82. The van der Waals surface area contributed by atoms with Crippen LogP contribution in [-0.4, -0.2) is 20.9 Å². The maximum Gasteiger partial charge on any atom is 0.102 e. The van der Waals surface area contributed by atoms with E-state index in [9.17, 15) is 0 Å². The third-order valence-corrected chi connectivity index (χ3v) is 2.67. The van der Waals surface area contributed by atoms with Crippen LogP contribution >= 0.6 is 0 Å². The maximum atomic E-state index is 8.82. The number of hydrogen-bond donors (Lipinski definition) is 1. The summed E-state index contributed by atoms with van der Waals surface area (Å²) in [5.41, 5.74) is 4.96. The summed E-state index contributed by atoms with van der Waals surface area (Å²) >= 11 is 0. The Morgan fingerprint density at radius 1 is 1.11 bits per heavy atom. The molecule has 2 aromatic heterocycles. The summed E-state index contributed by atoms with van der Waals surface area (Å²) in [7, 11) is 0. The van der Waals surface area contributed by atoms with Crippen molar-refractivity contribution in [1.29, 1.82) is 0 Å². The lowest BCUT2D eigenvalue weighted by atomic mass is 10.1. The van der Waals surface area contributed by atoms with Crippen molar-refractivity contribution in [3.8, 4) is 11.4 Å². The Balaban J connectivity index is 2.55. The summed E-state index contributed by atoms with van der Waals surface area (Å²) in [4.78, 5) is 8.77. The van der Waals surface area contributed by atoms with E-state index in [2.05, 4.69) is 15.1 Å². The minimum absolute atomic E-state index is 0.493. The average Bonchev–Trinajstić information content (AvgIpc) is 2.37. The number of pyridine rings is 2. The van der Waals surface area contributed by atoms with Gasteiger partial charge in [0.05, 0.1) is 17.1 Å². The average molecular weight is 241 g/mol. The minimum Gasteiger partial charge on any atom is -0.411 e. The van der Waals surface area contributed by atoms with E-state index in [0.29, 0.717) is 11.4 Å². The fourth-order valence-corrected chi connectivity index (χ4v) is 1.71. The fourth-order valence-electron chi connectivity index (χ4n) is 1.71. The lowest BCUT2D eigenvalue weighted by molar-refractivity contribution is 0.319. The summed E-state index contributed by atoms with van der Waals surface area (Å²) in [6, 6.07) is 7.78. The molecule has 18 heavy (non-hydrogen) atoms. The van der Waals surface area contributed by atoms with E-state index in [1.54, 1.807) is 13.1 Å². The van der Waals surface area contributed by atoms with Gasteiger partial charge in [-0.15, -0.1) is 0 Å². The van der Waals surface area contributed by atoms with Crippen molar-refractivity contribution < 1.29 is 5.21 Å². The number of aromatic nitrogens is 2. The molecule has 4 heteroatoms. The van der Waals surface area contributed by atoms with Gasteiger partial charge < -0.3 is 5.21 Å². The van der Waals surface area contributed by atoms with Gasteiger partial charge in [-0.3, -0.25) is 4.98 Å². The van der Waals surface area contributed by atoms with Crippen molar-refractivity contribution in [3.05, 3.63) is 47.3 Å². The van der Waals surface area contributed by atoms with Crippen LogP contribution in [0.15, 0.2) is 35.6 Å². The molecule has 0 aliphatic rings. The van der Waals surface area contributed by atoms with Crippen LogP contribution in [0.1, 0.15) is 23.7 Å². The molecular formula is C14H15N3O. The van der Waals surface area contributed by atoms with Gasteiger partial charge in [0.1, 0.15) is 5.71 Å². The van der Waals surface area contributed by atoms with E-state index >= 15 is 0 Å². The number of rotatable bonds is 2. The highest BCUT2D eigenvalue weighted by atomic mass is 16.4. The van der Waals surface area contributed by atoms with Gasteiger partial charge in [0.15, 0.2) is 0 Å². The lowest BCUT2D eigenvalue weighted by Gasteiger charge is -2.06. The largest absolute Gasteiger partial charge is 0.411 e. The zero-order chi connectivity index (χ0) is 13.1. The molecule has 0 fully saturated rings. The zero-order valence-electron chi connectivity index (χ0n) is 10.7. The second-order valence-corrected chi connectivity index (χ2v) is 4.32. The third kappa shape index (κ3) is 2.53. The van der Waals surface area contributed by atoms with E-state index in [4.69, 9.17) is 5.21 Å². The van der Waals surface area contributed by atoms with Crippen LogP contribution in [0, 0.1) is 13.8 Å². The molecule has 0 radical (unpaired) electrons. The predicted molar refractivity (Wildman–Crippen MR) is 70.9 cm³/mol. The molecule has 0 bridgehead atoms. The van der Waals surface area contributed by atoms with Crippen LogP contribution in [0.5, 0.6) is 0 Å². The Labute approximate surface area is 106 Å². The van der Waals surface area contributed by atoms with E-state index < -0.39 is 0 Å². The Kier molecular flexibility index (Phi) is 3.37. The first kappa shape index (κ1) is 12.2. The van der Waals surface area contributed by atoms with Crippen LogP contribution < -0.4 is 0 Å². The smallest absolute Gasteiger partial charge is 0.102 e. The fraction of sp³-hybridized carbons (Fsp3) is 0.214. The molecular weight excluding hydrogens is 226 g/mol. The van der Waals surface area contributed by atoms with Crippen LogP contribution in [-0.2, 0) is 0 Å². The quantitative estimate of drug-likeness (QED) is 0.499. The highest BCUT2D eigenvalue weighted by Crippen LogP contribution is 2.18. The van der Waals surface area contributed by atoms with Crippen LogP contribution in [0.4, 0.5) is 0 Å². The van der Waals surface area contributed by atoms with Crippen molar-refractivity contribution in [2.75, 3.05) is 0 Å². The molecule has 0 aromatic carbocycles. The molecule has 0 aliphatic carbocycles. The highest BCUT2D eigenvalue weighted by molar-refractivity contribution is 5.97.